The van der Waals surface area contributed by atoms with Gasteiger partial charge in [0.15, 0.2) is 0 Å². The second-order valence-corrected chi connectivity index (χ2v) is 5.35. The number of halogens is 2. The fraction of sp³-hybridized carbons (Fsp3) is 0.188. The summed E-state index contributed by atoms with van der Waals surface area (Å²) in [5.74, 6) is 0.0861. The van der Waals surface area contributed by atoms with Crippen LogP contribution in [0.3, 0.4) is 0 Å². The van der Waals surface area contributed by atoms with Crippen LogP contribution in [0.25, 0.3) is 0 Å². The Kier molecular flexibility index (Phi) is 5.75. The summed E-state index contributed by atoms with van der Waals surface area (Å²) in [5, 5.41) is 2.55. The van der Waals surface area contributed by atoms with Crippen molar-refractivity contribution in [2.45, 2.75) is 12.8 Å². The minimum Gasteiger partial charge on any atom is -0.494 e. The molecule has 5 heteroatoms. The minimum atomic E-state index is -0.460. The van der Waals surface area contributed by atoms with Crippen molar-refractivity contribution < 1.29 is 13.9 Å². The highest BCUT2D eigenvalue weighted by Crippen LogP contribution is 2.19. The molecule has 0 fully saturated rings. The first-order chi connectivity index (χ1) is 10.1. The molecule has 0 bridgehead atoms. The van der Waals surface area contributed by atoms with E-state index in [9.17, 15) is 9.18 Å². The van der Waals surface area contributed by atoms with Gasteiger partial charge in [-0.25, -0.2) is 4.39 Å². The number of ether oxygens (including phenoxy) is 1. The third kappa shape index (κ3) is 5.19. The van der Waals surface area contributed by atoms with Crippen LogP contribution < -0.4 is 10.1 Å². The van der Waals surface area contributed by atoms with Gasteiger partial charge >= 0.3 is 0 Å². The highest BCUT2D eigenvalue weighted by Gasteiger charge is 2.07. The van der Waals surface area contributed by atoms with Gasteiger partial charge < -0.3 is 10.1 Å². The molecule has 1 N–H and O–H groups in total. The molecule has 21 heavy (non-hydrogen) atoms. The van der Waals surface area contributed by atoms with Crippen molar-refractivity contribution in [3.05, 3.63) is 58.8 Å². The maximum absolute atomic E-state index is 13.6. The van der Waals surface area contributed by atoms with E-state index in [0.29, 0.717) is 17.5 Å². The maximum atomic E-state index is 13.6. The van der Waals surface area contributed by atoms with Crippen molar-refractivity contribution >= 4 is 27.5 Å². The second-order valence-electron chi connectivity index (χ2n) is 4.44. The highest BCUT2D eigenvalue weighted by atomic mass is 79.9. The maximum Gasteiger partial charge on any atom is 0.224 e. The Balaban J connectivity index is 1.72. The largest absolute Gasteiger partial charge is 0.494 e. The van der Waals surface area contributed by atoms with E-state index in [1.165, 1.54) is 12.1 Å². The van der Waals surface area contributed by atoms with Gasteiger partial charge in [0, 0.05) is 10.9 Å². The lowest BCUT2D eigenvalue weighted by Crippen LogP contribution is -2.13. The molecule has 0 aromatic heterocycles. The molecule has 2 rings (SSSR count). The monoisotopic (exact) mass is 351 g/mol. The third-order valence-corrected chi connectivity index (χ3v) is 3.26. The predicted molar refractivity (Wildman–Crippen MR) is 83.9 cm³/mol. The van der Waals surface area contributed by atoms with Gasteiger partial charge in [-0.2, -0.15) is 0 Å². The van der Waals surface area contributed by atoms with Crippen molar-refractivity contribution in [2.75, 3.05) is 11.9 Å². The number of para-hydroxylation sites is 1. The van der Waals surface area contributed by atoms with Crippen LogP contribution in [-0.2, 0) is 4.79 Å². The number of carbonyl (C=O) groups is 1. The lowest BCUT2D eigenvalue weighted by molar-refractivity contribution is -0.116. The first-order valence-electron chi connectivity index (χ1n) is 6.58. The number of anilines is 1. The number of nitrogens with one attached hydrogen (secondary N) is 1. The van der Waals surface area contributed by atoms with Crippen molar-refractivity contribution in [3.63, 3.8) is 0 Å². The van der Waals surface area contributed by atoms with Crippen LogP contribution in [-0.4, -0.2) is 12.5 Å². The molecule has 0 heterocycles. The molecule has 0 saturated carbocycles. The Labute approximate surface area is 131 Å². The third-order valence-electron chi connectivity index (χ3n) is 2.77. The zero-order valence-electron chi connectivity index (χ0n) is 11.3. The zero-order valence-corrected chi connectivity index (χ0v) is 12.9. The zero-order chi connectivity index (χ0) is 15.1. The van der Waals surface area contributed by atoms with Gasteiger partial charge in [0.25, 0.3) is 0 Å². The molecule has 2 aromatic rings. The van der Waals surface area contributed by atoms with Crippen LogP contribution in [0.4, 0.5) is 10.1 Å². The van der Waals surface area contributed by atoms with Gasteiger partial charge in [-0.05, 0) is 36.8 Å². The van der Waals surface area contributed by atoms with Crippen LogP contribution >= 0.6 is 15.9 Å². The van der Waals surface area contributed by atoms with E-state index in [4.69, 9.17) is 4.74 Å². The van der Waals surface area contributed by atoms with Gasteiger partial charge in [-0.1, -0.05) is 34.1 Å². The van der Waals surface area contributed by atoms with Gasteiger partial charge in [0.2, 0.25) is 5.91 Å². The Hall–Kier alpha value is -1.88. The predicted octanol–water partition coefficient (Wildman–Crippen LogP) is 4.39. The summed E-state index contributed by atoms with van der Waals surface area (Å²) in [7, 11) is 0. The number of amides is 1. The Morgan fingerprint density at radius 1 is 1.19 bits per heavy atom. The lowest BCUT2D eigenvalue weighted by Gasteiger charge is -2.08. The molecule has 0 saturated heterocycles. The molecule has 0 aliphatic heterocycles. The van der Waals surface area contributed by atoms with Gasteiger partial charge in [0.1, 0.15) is 11.6 Å². The summed E-state index contributed by atoms with van der Waals surface area (Å²) in [4.78, 5) is 11.7. The normalized spacial score (nSPS) is 10.2. The molecule has 2 aromatic carbocycles. The molecular weight excluding hydrogens is 337 g/mol. The summed E-state index contributed by atoms with van der Waals surface area (Å²) in [6.07, 6.45) is 0.848. The van der Waals surface area contributed by atoms with E-state index in [0.717, 1.165) is 5.75 Å². The van der Waals surface area contributed by atoms with Crippen LogP contribution in [0.1, 0.15) is 12.8 Å². The average molecular weight is 352 g/mol. The summed E-state index contributed by atoms with van der Waals surface area (Å²) >= 11 is 3.17. The Morgan fingerprint density at radius 3 is 2.67 bits per heavy atom. The summed E-state index contributed by atoms with van der Waals surface area (Å²) in [6.45, 7) is 0.445. The van der Waals surface area contributed by atoms with Crippen molar-refractivity contribution in [3.8, 4) is 5.75 Å². The van der Waals surface area contributed by atoms with E-state index < -0.39 is 5.82 Å². The number of rotatable bonds is 6. The first-order valence-corrected chi connectivity index (χ1v) is 7.37. The van der Waals surface area contributed by atoms with Crippen LogP contribution in [0, 0.1) is 5.82 Å². The van der Waals surface area contributed by atoms with E-state index in [-0.39, 0.29) is 18.0 Å². The molecule has 0 aliphatic carbocycles. The van der Waals surface area contributed by atoms with Gasteiger partial charge in [0.05, 0.1) is 12.3 Å². The fourth-order valence-electron chi connectivity index (χ4n) is 1.74. The molecule has 0 spiro atoms. The Bertz CT molecular complexity index is 604. The number of carbonyl (C=O) groups excluding carboxylic acids is 1. The number of hydrogen-bond acceptors (Lipinski definition) is 2. The number of hydrogen-bond donors (Lipinski definition) is 1. The van der Waals surface area contributed by atoms with Crippen LogP contribution in [0.5, 0.6) is 5.75 Å². The van der Waals surface area contributed by atoms with Crippen molar-refractivity contribution in [1.82, 2.24) is 0 Å². The molecule has 0 radical (unpaired) electrons. The Morgan fingerprint density at radius 2 is 1.95 bits per heavy atom. The van der Waals surface area contributed by atoms with Crippen LogP contribution in [0.2, 0.25) is 0 Å². The van der Waals surface area contributed by atoms with E-state index in [1.54, 1.807) is 6.07 Å². The smallest absolute Gasteiger partial charge is 0.224 e. The topological polar surface area (TPSA) is 38.3 Å². The summed E-state index contributed by atoms with van der Waals surface area (Å²) in [6, 6.07) is 13.9. The molecule has 0 atom stereocenters. The highest BCUT2D eigenvalue weighted by molar-refractivity contribution is 9.10. The van der Waals surface area contributed by atoms with E-state index in [2.05, 4.69) is 21.2 Å². The van der Waals surface area contributed by atoms with Crippen LogP contribution in [0.15, 0.2) is 53.0 Å². The van der Waals surface area contributed by atoms with Gasteiger partial charge in [-0.3, -0.25) is 4.79 Å². The average Bonchev–Trinajstić information content (AvgIpc) is 2.48. The molecular formula is C16H15BrFNO2. The molecule has 110 valence electrons. The molecule has 3 nitrogen and oxygen atoms in total. The minimum absolute atomic E-state index is 0.187. The quantitative estimate of drug-likeness (QED) is 0.784. The SMILES string of the molecule is O=C(CCCOc1ccccc1)Nc1ccc(Br)cc1F. The molecule has 1 amide bonds. The standard InChI is InChI=1S/C16H15BrFNO2/c17-12-8-9-15(14(18)11-12)19-16(20)7-4-10-21-13-5-2-1-3-6-13/h1-3,5-6,8-9,11H,4,7,10H2,(H,19,20). The lowest BCUT2D eigenvalue weighted by atomic mass is 10.2. The fourth-order valence-corrected chi connectivity index (χ4v) is 2.08. The molecule has 0 unspecified atom stereocenters. The second kappa shape index (κ2) is 7.78. The van der Waals surface area contributed by atoms with Crippen molar-refractivity contribution in [1.29, 1.82) is 0 Å². The first kappa shape index (κ1) is 15.5. The summed E-state index contributed by atoms with van der Waals surface area (Å²) in [5.41, 5.74) is 0.187. The molecule has 0 aliphatic rings. The van der Waals surface area contributed by atoms with E-state index >= 15 is 0 Å². The van der Waals surface area contributed by atoms with E-state index in [1.807, 2.05) is 30.3 Å². The summed E-state index contributed by atoms with van der Waals surface area (Å²) < 4.78 is 19.7. The van der Waals surface area contributed by atoms with Crippen molar-refractivity contribution in [2.24, 2.45) is 0 Å². The van der Waals surface area contributed by atoms with Gasteiger partial charge in [-0.15, -0.1) is 0 Å². The number of benzene rings is 2.